The van der Waals surface area contributed by atoms with Gasteiger partial charge in [-0.25, -0.2) is 9.97 Å². The lowest BCUT2D eigenvalue weighted by molar-refractivity contribution is -0.111. The number of ether oxygens (including phenoxy) is 1. The van der Waals surface area contributed by atoms with E-state index in [9.17, 15) is 4.79 Å². The smallest absolute Gasteiger partial charge is 0.321 e. The molecule has 0 unspecified atom stereocenters. The molecule has 0 fully saturated rings. The van der Waals surface area contributed by atoms with Crippen molar-refractivity contribution in [3.05, 3.63) is 70.2 Å². The molecule has 1 aromatic carbocycles. The number of hydrogen-bond acceptors (Lipinski definition) is 5. The quantitative estimate of drug-likeness (QED) is 0.682. The normalized spacial score (nSPS) is 10.8. The molecule has 3 aromatic rings. The van der Waals surface area contributed by atoms with Crippen molar-refractivity contribution < 1.29 is 9.53 Å². The van der Waals surface area contributed by atoms with Gasteiger partial charge in [-0.3, -0.25) is 4.79 Å². The van der Waals surface area contributed by atoms with E-state index >= 15 is 0 Å². The summed E-state index contributed by atoms with van der Waals surface area (Å²) in [6, 6.07) is 11.4. The first-order chi connectivity index (χ1) is 12.1. The van der Waals surface area contributed by atoms with Crippen LogP contribution in [0.15, 0.2) is 54.9 Å². The van der Waals surface area contributed by atoms with Gasteiger partial charge in [0.25, 0.3) is 0 Å². The first-order valence-corrected chi connectivity index (χ1v) is 8.53. The highest BCUT2D eigenvalue weighted by molar-refractivity contribution is 7.12. The Labute approximate surface area is 150 Å². The van der Waals surface area contributed by atoms with Gasteiger partial charge >= 0.3 is 6.01 Å². The number of nitrogens with one attached hydrogen (secondary N) is 1. The van der Waals surface area contributed by atoms with Crippen LogP contribution in [-0.2, 0) is 4.79 Å². The highest BCUT2D eigenvalue weighted by Crippen LogP contribution is 2.24. The molecule has 2 heterocycles. The van der Waals surface area contributed by atoms with Crippen molar-refractivity contribution in [2.24, 2.45) is 0 Å². The lowest BCUT2D eigenvalue weighted by Gasteiger charge is -2.09. The highest BCUT2D eigenvalue weighted by atomic mass is 32.1. The first-order valence-electron chi connectivity index (χ1n) is 7.71. The Hall–Kier alpha value is -2.99. The highest BCUT2D eigenvalue weighted by Gasteiger charge is 2.05. The molecule has 0 atom stereocenters. The van der Waals surface area contributed by atoms with E-state index in [2.05, 4.69) is 15.3 Å². The minimum absolute atomic E-state index is 0.172. The van der Waals surface area contributed by atoms with Gasteiger partial charge in [0.2, 0.25) is 5.91 Å². The number of aryl methyl sites for hydroxylation is 2. The second-order valence-electron chi connectivity index (χ2n) is 5.38. The van der Waals surface area contributed by atoms with E-state index in [1.54, 1.807) is 41.9 Å². The molecule has 5 nitrogen and oxygen atoms in total. The maximum Gasteiger partial charge on any atom is 0.321 e. The van der Waals surface area contributed by atoms with E-state index in [1.165, 1.54) is 11.0 Å². The summed E-state index contributed by atoms with van der Waals surface area (Å²) in [5.74, 6) is 0.445. The number of aromatic nitrogens is 2. The van der Waals surface area contributed by atoms with E-state index in [1.807, 2.05) is 38.1 Å². The van der Waals surface area contributed by atoms with Crippen LogP contribution in [0.25, 0.3) is 6.08 Å². The van der Waals surface area contributed by atoms with E-state index in [4.69, 9.17) is 4.74 Å². The predicted molar refractivity (Wildman–Crippen MR) is 100 cm³/mol. The number of amides is 1. The lowest BCUT2D eigenvalue weighted by Crippen LogP contribution is -2.08. The number of carbonyl (C=O) groups excluding carboxylic acids is 1. The zero-order chi connectivity index (χ0) is 17.6. The number of hydrogen-bond donors (Lipinski definition) is 1. The molecule has 0 aliphatic carbocycles. The van der Waals surface area contributed by atoms with Crippen LogP contribution in [0.4, 0.5) is 5.69 Å². The van der Waals surface area contributed by atoms with Crippen LogP contribution in [0.3, 0.4) is 0 Å². The number of thiophene rings is 1. The summed E-state index contributed by atoms with van der Waals surface area (Å²) in [4.78, 5) is 22.4. The predicted octanol–water partition coefficient (Wildman–Crippen LogP) is 4.60. The average Bonchev–Trinajstić information content (AvgIpc) is 3.02. The molecule has 0 spiro atoms. The fourth-order valence-electron chi connectivity index (χ4n) is 2.16. The number of rotatable bonds is 5. The van der Waals surface area contributed by atoms with Gasteiger partial charge < -0.3 is 10.1 Å². The molecule has 25 heavy (non-hydrogen) atoms. The Balaban J connectivity index is 1.64. The summed E-state index contributed by atoms with van der Waals surface area (Å²) in [6.07, 6.45) is 6.58. The number of nitrogens with zero attached hydrogens (tertiary/aromatic N) is 2. The lowest BCUT2D eigenvalue weighted by atomic mass is 10.2. The SMILES string of the molecule is Cc1ccc(/C=C/C(=O)Nc2ccc(Oc3ncccn3)cc2C)s1. The zero-order valence-electron chi connectivity index (χ0n) is 13.9. The van der Waals surface area contributed by atoms with Gasteiger partial charge in [-0.2, -0.15) is 0 Å². The number of benzene rings is 1. The van der Waals surface area contributed by atoms with Crippen LogP contribution in [0, 0.1) is 13.8 Å². The summed E-state index contributed by atoms with van der Waals surface area (Å²) in [6.45, 7) is 3.94. The first kappa shape index (κ1) is 16.9. The van der Waals surface area contributed by atoms with Crippen molar-refractivity contribution in [3.63, 3.8) is 0 Å². The van der Waals surface area contributed by atoms with Crippen LogP contribution >= 0.6 is 11.3 Å². The van der Waals surface area contributed by atoms with Crippen molar-refractivity contribution in [3.8, 4) is 11.8 Å². The van der Waals surface area contributed by atoms with Gasteiger partial charge in [-0.15, -0.1) is 11.3 Å². The Morgan fingerprint density at radius 1 is 1.16 bits per heavy atom. The number of anilines is 1. The van der Waals surface area contributed by atoms with E-state index in [0.717, 1.165) is 16.1 Å². The molecule has 0 bridgehead atoms. The largest absolute Gasteiger partial charge is 0.424 e. The average molecular weight is 351 g/mol. The topological polar surface area (TPSA) is 64.1 Å². The Bertz CT molecular complexity index is 904. The minimum Gasteiger partial charge on any atom is -0.424 e. The summed E-state index contributed by atoms with van der Waals surface area (Å²) in [5, 5.41) is 2.87. The third-order valence-electron chi connectivity index (χ3n) is 3.37. The molecule has 0 aliphatic rings. The fourth-order valence-corrected chi connectivity index (χ4v) is 2.94. The molecule has 126 valence electrons. The Morgan fingerprint density at radius 3 is 2.64 bits per heavy atom. The van der Waals surface area contributed by atoms with Crippen molar-refractivity contribution in [2.75, 3.05) is 5.32 Å². The van der Waals surface area contributed by atoms with Crippen molar-refractivity contribution in [2.45, 2.75) is 13.8 Å². The number of carbonyl (C=O) groups is 1. The molecule has 1 amide bonds. The molecule has 3 rings (SSSR count). The molecular formula is C19H17N3O2S. The van der Waals surface area contributed by atoms with Gasteiger partial charge in [0, 0.05) is 33.9 Å². The maximum atomic E-state index is 12.1. The van der Waals surface area contributed by atoms with Gasteiger partial charge in [-0.05, 0) is 61.9 Å². The standard InChI is InChI=1S/C19H17N3O2S/c1-13-12-15(24-19-20-10-3-11-21-19)5-8-17(13)22-18(23)9-7-16-6-4-14(2)25-16/h3-12H,1-2H3,(H,22,23)/b9-7+. The van der Waals surface area contributed by atoms with Crippen LogP contribution in [0.1, 0.15) is 15.3 Å². The van der Waals surface area contributed by atoms with E-state index < -0.39 is 0 Å². The molecule has 0 saturated carbocycles. The van der Waals surface area contributed by atoms with Crippen molar-refractivity contribution >= 4 is 29.0 Å². The molecule has 0 aliphatic heterocycles. The minimum atomic E-state index is -0.172. The third-order valence-corrected chi connectivity index (χ3v) is 4.33. The molecule has 0 saturated heterocycles. The molecular weight excluding hydrogens is 334 g/mol. The van der Waals surface area contributed by atoms with Crippen molar-refractivity contribution in [1.29, 1.82) is 0 Å². The monoisotopic (exact) mass is 351 g/mol. The zero-order valence-corrected chi connectivity index (χ0v) is 14.7. The van der Waals surface area contributed by atoms with Gasteiger partial charge in [-0.1, -0.05) is 0 Å². The van der Waals surface area contributed by atoms with E-state index in [0.29, 0.717) is 5.75 Å². The second-order valence-corrected chi connectivity index (χ2v) is 6.70. The van der Waals surface area contributed by atoms with Crippen LogP contribution in [0.5, 0.6) is 11.8 Å². The molecule has 2 aromatic heterocycles. The Morgan fingerprint density at radius 2 is 1.96 bits per heavy atom. The summed E-state index contributed by atoms with van der Waals surface area (Å²) in [5.41, 5.74) is 1.63. The molecule has 6 heteroatoms. The van der Waals surface area contributed by atoms with Crippen LogP contribution < -0.4 is 10.1 Å². The third kappa shape index (κ3) is 4.74. The maximum absolute atomic E-state index is 12.1. The van der Waals surface area contributed by atoms with Gasteiger partial charge in [0.1, 0.15) is 5.75 Å². The molecule has 0 radical (unpaired) electrons. The summed E-state index contributed by atoms with van der Waals surface area (Å²) >= 11 is 1.65. The van der Waals surface area contributed by atoms with E-state index in [-0.39, 0.29) is 11.9 Å². The van der Waals surface area contributed by atoms with Crippen molar-refractivity contribution in [1.82, 2.24) is 9.97 Å². The fraction of sp³-hybridized carbons (Fsp3) is 0.105. The van der Waals surface area contributed by atoms with Crippen LogP contribution in [0.2, 0.25) is 0 Å². The summed E-state index contributed by atoms with van der Waals surface area (Å²) in [7, 11) is 0. The molecule has 1 N–H and O–H groups in total. The van der Waals surface area contributed by atoms with Crippen LogP contribution in [-0.4, -0.2) is 15.9 Å². The Kier molecular flexibility index (Phi) is 5.20. The van der Waals surface area contributed by atoms with Gasteiger partial charge in [0.15, 0.2) is 0 Å². The summed E-state index contributed by atoms with van der Waals surface area (Å²) < 4.78 is 5.58. The van der Waals surface area contributed by atoms with Gasteiger partial charge in [0.05, 0.1) is 0 Å². The second kappa shape index (κ2) is 7.72.